The van der Waals surface area contributed by atoms with Crippen LogP contribution in [0, 0.1) is 12.7 Å². The summed E-state index contributed by atoms with van der Waals surface area (Å²) in [5, 5.41) is 0. The first kappa shape index (κ1) is 18.3. The molecule has 1 unspecified atom stereocenters. The van der Waals surface area contributed by atoms with E-state index in [9.17, 15) is 12.8 Å². The Labute approximate surface area is 151 Å². The second kappa shape index (κ2) is 7.39. The average molecular weight is 374 g/mol. The lowest BCUT2D eigenvalue weighted by atomic mass is 10.1. The molecule has 1 heterocycles. The molecule has 7 heteroatoms. The van der Waals surface area contributed by atoms with Crippen LogP contribution in [0.5, 0.6) is 0 Å². The van der Waals surface area contributed by atoms with Crippen LogP contribution in [0.1, 0.15) is 30.0 Å². The van der Waals surface area contributed by atoms with Crippen molar-refractivity contribution in [3.8, 4) is 11.3 Å². The molecule has 0 saturated heterocycles. The van der Waals surface area contributed by atoms with Crippen molar-refractivity contribution in [3.63, 3.8) is 0 Å². The van der Waals surface area contributed by atoms with Gasteiger partial charge in [-0.3, -0.25) is 0 Å². The highest BCUT2D eigenvalue weighted by Gasteiger charge is 2.21. The number of hydrogen-bond acceptors (Lipinski definition) is 4. The summed E-state index contributed by atoms with van der Waals surface area (Å²) in [6, 6.07) is 12.5. The summed E-state index contributed by atoms with van der Waals surface area (Å²) in [7, 11) is -3.57. The molecule has 3 rings (SSSR count). The number of aromatic nitrogens is 1. The van der Waals surface area contributed by atoms with E-state index in [0.29, 0.717) is 11.3 Å². The molecule has 5 nitrogen and oxygen atoms in total. The highest BCUT2D eigenvalue weighted by molar-refractivity contribution is 7.88. The predicted molar refractivity (Wildman–Crippen MR) is 97.3 cm³/mol. The number of nitrogens with zero attached hydrogens (tertiary/aromatic N) is 1. The highest BCUT2D eigenvalue weighted by Crippen LogP contribution is 2.24. The fraction of sp³-hybridized carbons (Fsp3) is 0.211. The van der Waals surface area contributed by atoms with E-state index in [1.807, 2.05) is 25.1 Å². The molecule has 1 N–H and O–H groups in total. The fourth-order valence-electron chi connectivity index (χ4n) is 2.57. The van der Waals surface area contributed by atoms with E-state index in [2.05, 4.69) is 9.71 Å². The molecule has 0 amide bonds. The second-order valence-electron chi connectivity index (χ2n) is 6.09. The lowest BCUT2D eigenvalue weighted by Gasteiger charge is -2.12. The smallest absolute Gasteiger partial charge is 0.216 e. The zero-order chi connectivity index (χ0) is 18.7. The van der Waals surface area contributed by atoms with Gasteiger partial charge in [0.1, 0.15) is 5.82 Å². The van der Waals surface area contributed by atoms with Crippen molar-refractivity contribution in [1.82, 2.24) is 9.71 Å². The van der Waals surface area contributed by atoms with E-state index in [4.69, 9.17) is 4.42 Å². The fourth-order valence-corrected chi connectivity index (χ4v) is 4.03. The Hall–Kier alpha value is -2.51. The minimum Gasteiger partial charge on any atom is -0.439 e. The Kier molecular flexibility index (Phi) is 5.20. The largest absolute Gasteiger partial charge is 0.439 e. The van der Waals surface area contributed by atoms with Crippen LogP contribution < -0.4 is 4.72 Å². The van der Waals surface area contributed by atoms with Gasteiger partial charge in [-0.05, 0) is 49.2 Å². The van der Waals surface area contributed by atoms with Crippen LogP contribution in [0.15, 0.2) is 59.1 Å². The zero-order valence-corrected chi connectivity index (χ0v) is 15.3. The van der Waals surface area contributed by atoms with E-state index in [1.165, 1.54) is 18.3 Å². The first-order valence-electron chi connectivity index (χ1n) is 8.10. The van der Waals surface area contributed by atoms with Gasteiger partial charge in [0, 0.05) is 5.56 Å². The van der Waals surface area contributed by atoms with Gasteiger partial charge in [-0.2, -0.15) is 0 Å². The van der Waals surface area contributed by atoms with Crippen LogP contribution >= 0.6 is 0 Å². The molecule has 1 atom stereocenters. The van der Waals surface area contributed by atoms with Gasteiger partial charge < -0.3 is 4.42 Å². The Bertz CT molecular complexity index is 998. The molecule has 0 aliphatic carbocycles. The molecule has 0 saturated carbocycles. The zero-order valence-electron chi connectivity index (χ0n) is 14.4. The van der Waals surface area contributed by atoms with Crippen LogP contribution in [-0.4, -0.2) is 13.4 Å². The van der Waals surface area contributed by atoms with Gasteiger partial charge in [-0.1, -0.05) is 24.3 Å². The Balaban J connectivity index is 1.72. The summed E-state index contributed by atoms with van der Waals surface area (Å²) in [6.07, 6.45) is 1.49. The van der Waals surface area contributed by atoms with Gasteiger partial charge in [0.25, 0.3) is 0 Å². The normalized spacial score (nSPS) is 12.9. The summed E-state index contributed by atoms with van der Waals surface area (Å²) in [5.41, 5.74) is 2.33. The summed E-state index contributed by atoms with van der Waals surface area (Å²) in [5.74, 6) is 0.240. The Morgan fingerprint density at radius 2 is 1.85 bits per heavy atom. The third-order valence-corrected chi connectivity index (χ3v) is 5.39. The topological polar surface area (TPSA) is 72.2 Å². The molecule has 136 valence electrons. The molecule has 26 heavy (non-hydrogen) atoms. The predicted octanol–water partition coefficient (Wildman–Crippen LogP) is 3.97. The van der Waals surface area contributed by atoms with Gasteiger partial charge in [-0.25, -0.2) is 22.5 Å². The molecular formula is C19H19FN2O3S. The third kappa shape index (κ3) is 4.36. The van der Waals surface area contributed by atoms with Crippen LogP contribution in [0.4, 0.5) is 4.39 Å². The summed E-state index contributed by atoms with van der Waals surface area (Å²) in [6.45, 7) is 3.53. The van der Waals surface area contributed by atoms with Gasteiger partial charge in [-0.15, -0.1) is 0 Å². The van der Waals surface area contributed by atoms with Gasteiger partial charge in [0.2, 0.25) is 15.9 Å². The second-order valence-corrected chi connectivity index (χ2v) is 7.85. The minimum atomic E-state index is -3.57. The van der Waals surface area contributed by atoms with Crippen molar-refractivity contribution in [3.05, 3.63) is 77.6 Å². The summed E-state index contributed by atoms with van der Waals surface area (Å²) in [4.78, 5) is 4.14. The summed E-state index contributed by atoms with van der Waals surface area (Å²) < 4.78 is 46.1. The van der Waals surface area contributed by atoms with Crippen LogP contribution in [0.2, 0.25) is 0 Å². The number of sulfonamides is 1. The SMILES string of the molecule is Cc1ccccc1CS(=O)(=O)NC(C)c1ncc(-c2ccc(F)cc2)o1. The maximum Gasteiger partial charge on any atom is 0.216 e. The van der Waals surface area contributed by atoms with Crippen LogP contribution in [0.25, 0.3) is 11.3 Å². The molecule has 0 radical (unpaired) electrons. The van der Waals surface area contributed by atoms with Gasteiger partial charge in [0.05, 0.1) is 18.0 Å². The van der Waals surface area contributed by atoms with E-state index < -0.39 is 16.1 Å². The van der Waals surface area contributed by atoms with Crippen molar-refractivity contribution in [2.75, 3.05) is 0 Å². The van der Waals surface area contributed by atoms with Gasteiger partial charge >= 0.3 is 0 Å². The lowest BCUT2D eigenvalue weighted by Crippen LogP contribution is -2.28. The average Bonchev–Trinajstić information content (AvgIpc) is 3.07. The monoisotopic (exact) mass is 374 g/mol. The molecular weight excluding hydrogens is 355 g/mol. The number of nitrogens with one attached hydrogen (secondary N) is 1. The maximum absolute atomic E-state index is 13.0. The number of rotatable bonds is 6. The maximum atomic E-state index is 13.0. The highest BCUT2D eigenvalue weighted by atomic mass is 32.2. The standard InChI is InChI=1S/C19H19FN2O3S/c1-13-5-3-4-6-16(13)12-26(23,24)22-14(2)19-21-11-18(25-19)15-7-9-17(20)10-8-15/h3-11,14,22H,12H2,1-2H3. The van der Waals surface area contributed by atoms with E-state index in [0.717, 1.165) is 11.1 Å². The molecule has 1 aromatic heterocycles. The molecule has 0 fully saturated rings. The van der Waals surface area contributed by atoms with Crippen molar-refractivity contribution in [2.24, 2.45) is 0 Å². The number of halogens is 1. The first-order valence-corrected chi connectivity index (χ1v) is 9.75. The lowest BCUT2D eigenvalue weighted by molar-refractivity contribution is 0.452. The van der Waals surface area contributed by atoms with Crippen LogP contribution in [-0.2, 0) is 15.8 Å². The quantitative estimate of drug-likeness (QED) is 0.709. The van der Waals surface area contributed by atoms with Crippen molar-refractivity contribution in [1.29, 1.82) is 0 Å². The number of benzene rings is 2. The Morgan fingerprint density at radius 3 is 2.54 bits per heavy atom. The van der Waals surface area contributed by atoms with Crippen molar-refractivity contribution >= 4 is 10.0 Å². The third-order valence-electron chi connectivity index (χ3n) is 3.99. The molecule has 0 bridgehead atoms. The summed E-state index contributed by atoms with van der Waals surface area (Å²) >= 11 is 0. The molecule has 0 aliphatic rings. The van der Waals surface area contributed by atoms with Crippen molar-refractivity contribution in [2.45, 2.75) is 25.6 Å². The first-order chi connectivity index (χ1) is 12.3. The molecule has 3 aromatic rings. The van der Waals surface area contributed by atoms with Gasteiger partial charge in [0.15, 0.2) is 5.76 Å². The van der Waals surface area contributed by atoms with E-state index >= 15 is 0 Å². The Morgan fingerprint density at radius 1 is 1.15 bits per heavy atom. The number of aryl methyl sites for hydroxylation is 1. The van der Waals surface area contributed by atoms with E-state index in [-0.39, 0.29) is 17.5 Å². The van der Waals surface area contributed by atoms with Crippen molar-refractivity contribution < 1.29 is 17.2 Å². The molecule has 0 aliphatic heterocycles. The van der Waals surface area contributed by atoms with E-state index in [1.54, 1.807) is 25.1 Å². The number of hydrogen-bond donors (Lipinski definition) is 1. The molecule has 2 aromatic carbocycles. The minimum absolute atomic E-state index is 0.116. The van der Waals surface area contributed by atoms with Crippen LogP contribution in [0.3, 0.4) is 0 Å². The number of oxazole rings is 1. The molecule has 0 spiro atoms.